The second kappa shape index (κ2) is 8.51. The SMILES string of the molecule is c1ccc(Cc2ccc(Cc3ccccc3)c(Cc3ccccc3)c2)cc1. The van der Waals surface area contributed by atoms with Gasteiger partial charge in [-0.05, 0) is 52.6 Å². The number of hydrogen-bond donors (Lipinski definition) is 0. The van der Waals surface area contributed by atoms with E-state index in [0.717, 1.165) is 19.3 Å². The van der Waals surface area contributed by atoms with Gasteiger partial charge >= 0.3 is 0 Å². The fourth-order valence-electron chi connectivity index (χ4n) is 3.59. The molecule has 0 aromatic heterocycles. The van der Waals surface area contributed by atoms with E-state index in [4.69, 9.17) is 0 Å². The van der Waals surface area contributed by atoms with Gasteiger partial charge in [-0.1, -0.05) is 109 Å². The molecule has 0 spiro atoms. The van der Waals surface area contributed by atoms with Crippen molar-refractivity contribution < 1.29 is 0 Å². The minimum Gasteiger partial charge on any atom is -0.0622 e. The van der Waals surface area contributed by atoms with Crippen molar-refractivity contribution in [1.29, 1.82) is 0 Å². The summed E-state index contributed by atoms with van der Waals surface area (Å²) in [5, 5.41) is 0. The van der Waals surface area contributed by atoms with E-state index < -0.39 is 0 Å². The molecule has 0 saturated carbocycles. The summed E-state index contributed by atoms with van der Waals surface area (Å²) in [6.45, 7) is 0. The van der Waals surface area contributed by atoms with E-state index in [9.17, 15) is 0 Å². The Balaban J connectivity index is 1.65. The molecule has 0 saturated heterocycles. The molecule has 0 N–H and O–H groups in total. The summed E-state index contributed by atoms with van der Waals surface area (Å²) in [4.78, 5) is 0. The van der Waals surface area contributed by atoms with Crippen LogP contribution >= 0.6 is 0 Å². The molecule has 0 aliphatic rings. The Hall–Kier alpha value is -3.12. The third-order valence-electron chi connectivity index (χ3n) is 5.00. The molecule has 4 aromatic rings. The highest BCUT2D eigenvalue weighted by Crippen LogP contribution is 2.21. The van der Waals surface area contributed by atoms with E-state index >= 15 is 0 Å². The molecule has 132 valence electrons. The maximum atomic E-state index is 2.40. The van der Waals surface area contributed by atoms with Crippen molar-refractivity contribution in [2.24, 2.45) is 0 Å². The first kappa shape index (κ1) is 17.3. The van der Waals surface area contributed by atoms with Crippen LogP contribution in [0.4, 0.5) is 0 Å². The Kier molecular flexibility index (Phi) is 5.45. The van der Waals surface area contributed by atoms with E-state index in [1.807, 2.05) is 0 Å². The Bertz CT molecular complexity index is 970. The van der Waals surface area contributed by atoms with E-state index in [2.05, 4.69) is 109 Å². The lowest BCUT2D eigenvalue weighted by atomic mass is 9.92. The van der Waals surface area contributed by atoms with Crippen molar-refractivity contribution >= 4 is 0 Å². The van der Waals surface area contributed by atoms with Crippen LogP contribution in [0.2, 0.25) is 0 Å². The Labute approximate surface area is 162 Å². The summed E-state index contributed by atoms with van der Waals surface area (Å²) in [5.41, 5.74) is 8.31. The highest BCUT2D eigenvalue weighted by molar-refractivity contribution is 5.40. The van der Waals surface area contributed by atoms with Gasteiger partial charge in [0.1, 0.15) is 0 Å². The second-order valence-corrected chi connectivity index (χ2v) is 7.09. The normalized spacial score (nSPS) is 10.7. The quantitative estimate of drug-likeness (QED) is 0.375. The predicted octanol–water partition coefficient (Wildman–Crippen LogP) is 6.46. The Morgan fingerprint density at radius 3 is 1.30 bits per heavy atom. The zero-order valence-corrected chi connectivity index (χ0v) is 15.5. The lowest BCUT2D eigenvalue weighted by Crippen LogP contribution is -2.00. The first-order chi connectivity index (χ1) is 13.4. The van der Waals surface area contributed by atoms with Gasteiger partial charge in [-0.3, -0.25) is 0 Å². The molecule has 0 aliphatic heterocycles. The average Bonchev–Trinajstić information content (AvgIpc) is 2.72. The van der Waals surface area contributed by atoms with Crippen molar-refractivity contribution in [2.75, 3.05) is 0 Å². The molecule has 0 heteroatoms. The average molecular weight is 348 g/mol. The van der Waals surface area contributed by atoms with Crippen molar-refractivity contribution in [3.8, 4) is 0 Å². The van der Waals surface area contributed by atoms with Crippen LogP contribution in [-0.4, -0.2) is 0 Å². The fraction of sp³-hybridized carbons (Fsp3) is 0.111. The van der Waals surface area contributed by atoms with Gasteiger partial charge in [0.05, 0.1) is 0 Å². The molecule has 4 rings (SSSR count). The first-order valence-corrected chi connectivity index (χ1v) is 9.59. The third kappa shape index (κ3) is 4.74. The lowest BCUT2D eigenvalue weighted by molar-refractivity contribution is 1.07. The number of hydrogen-bond acceptors (Lipinski definition) is 0. The van der Waals surface area contributed by atoms with Crippen LogP contribution in [0.3, 0.4) is 0 Å². The predicted molar refractivity (Wildman–Crippen MR) is 114 cm³/mol. The fourth-order valence-corrected chi connectivity index (χ4v) is 3.59. The summed E-state index contributed by atoms with van der Waals surface area (Å²) < 4.78 is 0. The van der Waals surface area contributed by atoms with Crippen molar-refractivity contribution in [3.63, 3.8) is 0 Å². The molecule has 0 heterocycles. The molecule has 0 fully saturated rings. The Morgan fingerprint density at radius 2 is 0.778 bits per heavy atom. The van der Waals surface area contributed by atoms with Gasteiger partial charge in [0.15, 0.2) is 0 Å². The highest BCUT2D eigenvalue weighted by Gasteiger charge is 2.07. The van der Waals surface area contributed by atoms with E-state index in [1.165, 1.54) is 33.4 Å². The molecular formula is C27H24. The van der Waals surface area contributed by atoms with Gasteiger partial charge < -0.3 is 0 Å². The van der Waals surface area contributed by atoms with Gasteiger partial charge in [0.2, 0.25) is 0 Å². The van der Waals surface area contributed by atoms with Crippen molar-refractivity contribution in [2.45, 2.75) is 19.3 Å². The van der Waals surface area contributed by atoms with Crippen LogP contribution in [0, 0.1) is 0 Å². The van der Waals surface area contributed by atoms with Gasteiger partial charge in [-0.15, -0.1) is 0 Å². The molecule has 0 bridgehead atoms. The van der Waals surface area contributed by atoms with Crippen LogP contribution in [0.15, 0.2) is 109 Å². The summed E-state index contributed by atoms with van der Waals surface area (Å²) in [6, 6.07) is 39.2. The minimum absolute atomic E-state index is 0.978. The molecule has 0 aliphatic carbocycles. The van der Waals surface area contributed by atoms with Crippen LogP contribution in [0.1, 0.15) is 33.4 Å². The Morgan fingerprint density at radius 1 is 0.333 bits per heavy atom. The highest BCUT2D eigenvalue weighted by atomic mass is 14.1. The maximum absolute atomic E-state index is 2.40. The van der Waals surface area contributed by atoms with Gasteiger partial charge in [0, 0.05) is 0 Å². The molecule has 27 heavy (non-hydrogen) atoms. The molecule has 0 unspecified atom stereocenters. The maximum Gasteiger partial charge on any atom is -0.00228 e. The van der Waals surface area contributed by atoms with Gasteiger partial charge in [-0.25, -0.2) is 0 Å². The number of rotatable bonds is 6. The molecule has 4 aromatic carbocycles. The minimum atomic E-state index is 0.978. The second-order valence-electron chi connectivity index (χ2n) is 7.09. The zero-order valence-electron chi connectivity index (χ0n) is 15.5. The smallest absolute Gasteiger partial charge is 0.00228 e. The van der Waals surface area contributed by atoms with Crippen LogP contribution in [-0.2, 0) is 19.3 Å². The first-order valence-electron chi connectivity index (χ1n) is 9.59. The van der Waals surface area contributed by atoms with E-state index in [1.54, 1.807) is 0 Å². The topological polar surface area (TPSA) is 0 Å². The monoisotopic (exact) mass is 348 g/mol. The van der Waals surface area contributed by atoms with Gasteiger partial charge in [0.25, 0.3) is 0 Å². The van der Waals surface area contributed by atoms with Crippen LogP contribution in [0.5, 0.6) is 0 Å². The molecule has 0 nitrogen and oxygen atoms in total. The largest absolute Gasteiger partial charge is 0.0622 e. The van der Waals surface area contributed by atoms with Crippen LogP contribution in [0.25, 0.3) is 0 Å². The summed E-state index contributed by atoms with van der Waals surface area (Å²) >= 11 is 0. The van der Waals surface area contributed by atoms with E-state index in [-0.39, 0.29) is 0 Å². The summed E-state index contributed by atoms with van der Waals surface area (Å²) in [5.74, 6) is 0. The standard InChI is InChI=1S/C27H24/c1-4-10-22(11-5-1)18-25-16-17-26(19-23-12-6-2-7-13-23)27(21-25)20-24-14-8-3-9-15-24/h1-17,21H,18-20H2. The van der Waals surface area contributed by atoms with Crippen molar-refractivity contribution in [3.05, 3.63) is 143 Å². The zero-order chi connectivity index (χ0) is 18.3. The van der Waals surface area contributed by atoms with E-state index in [0.29, 0.717) is 0 Å². The summed E-state index contributed by atoms with van der Waals surface area (Å²) in [7, 11) is 0. The third-order valence-corrected chi connectivity index (χ3v) is 5.00. The van der Waals surface area contributed by atoms with Crippen LogP contribution < -0.4 is 0 Å². The molecule has 0 radical (unpaired) electrons. The number of benzene rings is 4. The van der Waals surface area contributed by atoms with Gasteiger partial charge in [-0.2, -0.15) is 0 Å². The van der Waals surface area contributed by atoms with Crippen molar-refractivity contribution in [1.82, 2.24) is 0 Å². The molecular weight excluding hydrogens is 324 g/mol. The molecule has 0 amide bonds. The lowest BCUT2D eigenvalue weighted by Gasteiger charge is -2.13. The molecule has 0 atom stereocenters. The summed E-state index contributed by atoms with van der Waals surface area (Å²) in [6.07, 6.45) is 2.94.